The Balaban J connectivity index is 2.07. The zero-order valence-corrected chi connectivity index (χ0v) is 23.7. The van der Waals surface area contributed by atoms with Crippen molar-refractivity contribution >= 4 is 44.2 Å². The molecule has 0 aromatic heterocycles. The molecule has 2 aromatic carbocycles. The molecule has 2 amide bonds. The first-order valence-corrected chi connectivity index (χ1v) is 15.0. The van der Waals surface area contributed by atoms with Gasteiger partial charge in [-0.3, -0.25) is 14.1 Å². The largest absolute Gasteiger partial charge is 0.480 e. The van der Waals surface area contributed by atoms with Crippen LogP contribution in [0.1, 0.15) is 11.1 Å². The highest BCUT2D eigenvalue weighted by molar-refractivity contribution is 7.89. The molecule has 3 rings (SSSR count). The predicted octanol–water partition coefficient (Wildman–Crippen LogP) is 1.46. The van der Waals surface area contributed by atoms with Crippen LogP contribution >= 0.6 is 0 Å². The molecule has 1 aliphatic rings. The summed E-state index contributed by atoms with van der Waals surface area (Å²) < 4.78 is 57.7. The molecule has 0 unspecified atom stereocenters. The van der Waals surface area contributed by atoms with Crippen molar-refractivity contribution in [3.8, 4) is 5.75 Å². The van der Waals surface area contributed by atoms with E-state index in [4.69, 9.17) is 4.74 Å². The molecular formula is C25H28N4O9S2. The third-order valence-electron chi connectivity index (χ3n) is 5.67. The van der Waals surface area contributed by atoms with Gasteiger partial charge in [0.1, 0.15) is 17.5 Å². The molecule has 0 saturated carbocycles. The van der Waals surface area contributed by atoms with Crippen molar-refractivity contribution in [2.45, 2.75) is 24.3 Å². The smallest absolute Gasteiger partial charge is 0.414 e. The van der Waals surface area contributed by atoms with Crippen LogP contribution in [0.5, 0.6) is 5.75 Å². The Morgan fingerprint density at radius 2 is 1.62 bits per heavy atom. The van der Waals surface area contributed by atoms with Crippen LogP contribution < -0.4 is 4.74 Å². The number of ether oxygens (including phenoxy) is 1. The van der Waals surface area contributed by atoms with E-state index in [9.17, 15) is 36.3 Å². The van der Waals surface area contributed by atoms with Crippen molar-refractivity contribution in [1.29, 1.82) is 0 Å². The molecule has 15 heteroatoms. The third-order valence-corrected chi connectivity index (χ3v) is 8.58. The lowest BCUT2D eigenvalue weighted by Crippen LogP contribution is -2.50. The number of carbonyl (C=O) groups is 3. The van der Waals surface area contributed by atoms with Crippen molar-refractivity contribution in [3.05, 3.63) is 71.6 Å². The number of carboxylic acid groups (broad SMARTS) is 1. The Morgan fingerprint density at radius 3 is 2.15 bits per heavy atom. The molecule has 0 saturated heterocycles. The Morgan fingerprint density at radius 1 is 1.02 bits per heavy atom. The van der Waals surface area contributed by atoms with E-state index < -0.39 is 56.2 Å². The summed E-state index contributed by atoms with van der Waals surface area (Å²) in [6, 6.07) is 9.15. The fourth-order valence-corrected chi connectivity index (χ4v) is 5.67. The van der Waals surface area contributed by atoms with Gasteiger partial charge in [-0.25, -0.2) is 30.7 Å². The van der Waals surface area contributed by atoms with E-state index in [2.05, 4.69) is 4.99 Å². The third kappa shape index (κ3) is 7.04. The van der Waals surface area contributed by atoms with Gasteiger partial charge in [0.25, 0.3) is 15.9 Å². The molecule has 0 spiro atoms. The van der Waals surface area contributed by atoms with Gasteiger partial charge in [-0.1, -0.05) is 29.8 Å². The van der Waals surface area contributed by atoms with Gasteiger partial charge >= 0.3 is 12.1 Å². The number of aliphatic carboxylic acids is 1. The summed E-state index contributed by atoms with van der Waals surface area (Å²) in [5.41, 5.74) is 0.461. The highest BCUT2D eigenvalue weighted by Gasteiger charge is 2.42. The van der Waals surface area contributed by atoms with Crippen LogP contribution in [0.2, 0.25) is 0 Å². The van der Waals surface area contributed by atoms with Gasteiger partial charge < -0.3 is 14.7 Å². The monoisotopic (exact) mass is 592 g/mol. The predicted molar refractivity (Wildman–Crippen MR) is 145 cm³/mol. The topological polar surface area (TPSA) is 171 Å². The maximum atomic E-state index is 13.8. The summed E-state index contributed by atoms with van der Waals surface area (Å²) in [4.78, 5) is 42.6. The van der Waals surface area contributed by atoms with E-state index in [1.54, 1.807) is 6.92 Å². The normalized spacial score (nSPS) is 14.2. The number of sulfonamides is 2. The summed E-state index contributed by atoms with van der Waals surface area (Å²) in [5.74, 6) is -2.79. The Labute approximate surface area is 232 Å². The maximum Gasteiger partial charge on any atom is 0.414 e. The van der Waals surface area contributed by atoms with E-state index in [0.29, 0.717) is 5.56 Å². The molecule has 214 valence electrons. The van der Waals surface area contributed by atoms with Crippen LogP contribution in [0.25, 0.3) is 0 Å². The Hall–Kier alpha value is -4.24. The molecule has 2 aromatic rings. The van der Waals surface area contributed by atoms with Gasteiger partial charge in [-0.2, -0.15) is 0 Å². The van der Waals surface area contributed by atoms with E-state index in [1.165, 1.54) is 67.5 Å². The number of hydrogen-bond donors (Lipinski definition) is 1. The van der Waals surface area contributed by atoms with Gasteiger partial charge in [0.15, 0.2) is 0 Å². The van der Waals surface area contributed by atoms with Gasteiger partial charge in [0, 0.05) is 32.9 Å². The van der Waals surface area contributed by atoms with Crippen LogP contribution in [-0.4, -0.2) is 92.6 Å². The van der Waals surface area contributed by atoms with Crippen molar-refractivity contribution in [1.82, 2.24) is 13.5 Å². The lowest BCUT2D eigenvalue weighted by atomic mass is 10.1. The van der Waals surface area contributed by atoms with Crippen molar-refractivity contribution in [2.24, 2.45) is 4.99 Å². The summed E-state index contributed by atoms with van der Waals surface area (Å²) in [7, 11) is -5.60. The lowest BCUT2D eigenvalue weighted by Gasteiger charge is -2.30. The minimum Gasteiger partial charge on any atom is -0.480 e. The number of hydrogen-bond acceptors (Lipinski definition) is 9. The molecule has 0 radical (unpaired) electrons. The number of benzene rings is 2. The minimum absolute atomic E-state index is 0.164. The van der Waals surface area contributed by atoms with Crippen LogP contribution in [0.4, 0.5) is 4.79 Å². The average Bonchev–Trinajstić information content (AvgIpc) is 2.88. The van der Waals surface area contributed by atoms with Gasteiger partial charge in [-0.05, 0) is 36.8 Å². The number of carboxylic acids is 1. The average molecular weight is 593 g/mol. The number of rotatable bonds is 9. The highest BCUT2D eigenvalue weighted by Crippen LogP contribution is 2.26. The first-order valence-electron chi connectivity index (χ1n) is 11.7. The molecule has 40 heavy (non-hydrogen) atoms. The molecule has 1 heterocycles. The fourth-order valence-electron chi connectivity index (χ4n) is 3.52. The molecule has 0 aliphatic carbocycles. The Bertz CT molecular complexity index is 1560. The number of carbonyl (C=O) groups excluding carboxylic acids is 2. The van der Waals surface area contributed by atoms with Crippen molar-refractivity contribution < 1.29 is 41.1 Å². The first kappa shape index (κ1) is 30.3. The second-order valence-electron chi connectivity index (χ2n) is 9.04. The van der Waals surface area contributed by atoms with Gasteiger partial charge in [-0.15, -0.1) is 0 Å². The number of aliphatic imine (C=N–C) groups is 1. The molecule has 1 aliphatic heterocycles. The zero-order chi connectivity index (χ0) is 29.8. The van der Waals surface area contributed by atoms with E-state index in [1.807, 2.05) is 0 Å². The number of aryl methyl sites for hydroxylation is 1. The first-order chi connectivity index (χ1) is 18.6. The Kier molecular flexibility index (Phi) is 9.00. The van der Waals surface area contributed by atoms with Crippen molar-refractivity contribution in [2.75, 3.05) is 26.9 Å². The van der Waals surface area contributed by atoms with E-state index >= 15 is 0 Å². The van der Waals surface area contributed by atoms with Crippen LogP contribution in [0, 0.1) is 6.92 Å². The number of nitrogens with zero attached hydrogens (tertiary/aromatic N) is 4. The molecule has 0 bridgehead atoms. The number of amides is 2. The molecular weight excluding hydrogens is 564 g/mol. The van der Waals surface area contributed by atoms with E-state index in [0.717, 1.165) is 28.5 Å². The summed E-state index contributed by atoms with van der Waals surface area (Å²) in [6.07, 6.45) is 1.77. The van der Waals surface area contributed by atoms with Gasteiger partial charge in [0.2, 0.25) is 10.0 Å². The summed E-state index contributed by atoms with van der Waals surface area (Å²) in [5, 5.41) is 10.1. The molecule has 0 fully saturated rings. The zero-order valence-electron chi connectivity index (χ0n) is 22.1. The molecule has 1 N–H and O–H groups in total. The van der Waals surface area contributed by atoms with Gasteiger partial charge in [0.05, 0.1) is 17.7 Å². The summed E-state index contributed by atoms with van der Waals surface area (Å²) in [6.45, 7) is 1.54. The van der Waals surface area contributed by atoms with E-state index in [-0.39, 0.29) is 21.5 Å². The summed E-state index contributed by atoms with van der Waals surface area (Å²) >= 11 is 0. The van der Waals surface area contributed by atoms with Crippen LogP contribution in [0.15, 0.2) is 70.3 Å². The lowest BCUT2D eigenvalue weighted by molar-refractivity contribution is -0.145. The SMILES string of the molecule is Cc1ccc(S(=O)(=O)N(C(=O)C2=CN(S(C)(=O)=O)CC=N2)[C@@H](Cc2ccc(OC(=O)N(C)C)cc2)C(=O)O)cc1. The van der Waals surface area contributed by atoms with Crippen LogP contribution in [0.3, 0.4) is 0 Å². The second kappa shape index (κ2) is 11.9. The standard InChI is InChI=1S/C25H28N4O9S2/c1-17-5-11-20(12-6-17)40(36,37)29(23(30)21-16-28(14-13-26-21)39(4,34)35)22(24(31)32)15-18-7-9-19(10-8-18)38-25(33)27(2)3/h5-13,16,22H,14-15H2,1-4H3,(H,31,32)/t22-/m0/s1. The van der Waals surface area contributed by atoms with Crippen molar-refractivity contribution in [3.63, 3.8) is 0 Å². The second-order valence-corrected chi connectivity index (χ2v) is 12.8. The quantitative estimate of drug-likeness (QED) is 0.453. The van der Waals surface area contributed by atoms with Crippen LogP contribution in [-0.2, 0) is 36.1 Å². The minimum atomic E-state index is -4.77. The highest BCUT2D eigenvalue weighted by atomic mass is 32.2. The molecule has 1 atom stereocenters. The molecule has 13 nitrogen and oxygen atoms in total. The fraction of sp³-hybridized carbons (Fsp3) is 0.280. The maximum absolute atomic E-state index is 13.8.